The highest BCUT2D eigenvalue weighted by molar-refractivity contribution is 5.99. The Balaban J connectivity index is 2.92. The molecule has 3 N–H and O–H groups in total. The predicted molar refractivity (Wildman–Crippen MR) is 71.2 cm³/mol. The first-order valence-electron chi connectivity index (χ1n) is 5.73. The van der Waals surface area contributed by atoms with Gasteiger partial charge in [0.25, 0.3) is 0 Å². The second-order valence-electron chi connectivity index (χ2n) is 3.76. The number of nitrogens with zero attached hydrogens (tertiary/aromatic N) is 2. The van der Waals surface area contributed by atoms with Gasteiger partial charge in [0.1, 0.15) is 11.7 Å². The Morgan fingerprint density at radius 3 is 2.44 bits per heavy atom. The minimum Gasteiger partial charge on any atom is -0.384 e. The van der Waals surface area contributed by atoms with Gasteiger partial charge in [-0.15, -0.1) is 0 Å². The van der Waals surface area contributed by atoms with Crippen LogP contribution in [-0.2, 0) is 9.47 Å². The Labute approximate surface area is 107 Å². The Hall–Kier alpha value is -1.66. The minimum absolute atomic E-state index is 0.0120. The Kier molecular flexibility index (Phi) is 6.10. The molecule has 0 amide bonds. The number of pyridine rings is 1. The highest BCUT2D eigenvalue weighted by Gasteiger charge is 2.13. The number of nitrogens with one attached hydrogen (secondary N) is 1. The lowest BCUT2D eigenvalue weighted by Crippen LogP contribution is -2.33. The van der Waals surface area contributed by atoms with Gasteiger partial charge in [0.05, 0.1) is 18.8 Å². The van der Waals surface area contributed by atoms with Crippen molar-refractivity contribution < 1.29 is 9.47 Å². The van der Waals surface area contributed by atoms with Crippen molar-refractivity contribution >= 4 is 11.7 Å². The largest absolute Gasteiger partial charge is 0.384 e. The maximum absolute atomic E-state index is 7.57. The van der Waals surface area contributed by atoms with Crippen LogP contribution in [0.2, 0.25) is 0 Å². The number of rotatable bonds is 8. The van der Waals surface area contributed by atoms with Gasteiger partial charge < -0.3 is 20.1 Å². The van der Waals surface area contributed by atoms with Gasteiger partial charge in [0, 0.05) is 33.5 Å². The zero-order valence-corrected chi connectivity index (χ0v) is 10.8. The topological polar surface area (TPSA) is 84.5 Å². The van der Waals surface area contributed by atoms with Crippen molar-refractivity contribution in [2.75, 3.05) is 45.4 Å². The molecule has 6 heteroatoms. The molecule has 0 saturated carbocycles. The van der Waals surface area contributed by atoms with Gasteiger partial charge in [-0.25, -0.2) is 4.98 Å². The number of nitrogen functional groups attached to an aromatic ring is 1. The quantitative estimate of drug-likeness (QED) is 0.519. The molecule has 0 saturated heterocycles. The molecule has 0 spiro atoms. The van der Waals surface area contributed by atoms with Crippen LogP contribution in [0, 0.1) is 5.41 Å². The molecule has 100 valence electrons. The summed E-state index contributed by atoms with van der Waals surface area (Å²) in [6, 6.07) is 3.56. The highest BCUT2D eigenvalue weighted by atomic mass is 16.5. The number of amidine groups is 1. The maximum atomic E-state index is 7.57. The zero-order valence-electron chi connectivity index (χ0n) is 10.8. The third-order valence-electron chi connectivity index (χ3n) is 2.51. The minimum atomic E-state index is 0.0120. The van der Waals surface area contributed by atoms with E-state index >= 15 is 0 Å². The van der Waals surface area contributed by atoms with Gasteiger partial charge in [-0.3, -0.25) is 5.41 Å². The van der Waals surface area contributed by atoms with E-state index in [0.29, 0.717) is 37.7 Å². The number of hydrogen-bond acceptors (Lipinski definition) is 5. The van der Waals surface area contributed by atoms with Gasteiger partial charge in [0.2, 0.25) is 0 Å². The van der Waals surface area contributed by atoms with E-state index in [1.807, 2.05) is 4.90 Å². The van der Waals surface area contributed by atoms with Crippen LogP contribution < -0.4 is 10.6 Å². The number of ether oxygens (including phenoxy) is 2. The van der Waals surface area contributed by atoms with Crippen molar-refractivity contribution in [3.63, 3.8) is 0 Å². The summed E-state index contributed by atoms with van der Waals surface area (Å²) in [6.45, 7) is 2.52. The summed E-state index contributed by atoms with van der Waals surface area (Å²) in [5.74, 6) is 0.706. The van der Waals surface area contributed by atoms with Crippen LogP contribution in [0.15, 0.2) is 18.3 Å². The van der Waals surface area contributed by atoms with Crippen molar-refractivity contribution in [3.05, 3.63) is 23.9 Å². The molecule has 0 atom stereocenters. The number of anilines is 1. The van der Waals surface area contributed by atoms with E-state index < -0.39 is 0 Å². The van der Waals surface area contributed by atoms with Crippen LogP contribution in [0.4, 0.5) is 5.82 Å². The highest BCUT2D eigenvalue weighted by Crippen LogP contribution is 2.16. The molecule has 0 aliphatic heterocycles. The lowest BCUT2D eigenvalue weighted by molar-refractivity contribution is 0.190. The summed E-state index contributed by atoms with van der Waals surface area (Å²) >= 11 is 0. The van der Waals surface area contributed by atoms with Gasteiger partial charge in [0.15, 0.2) is 0 Å². The molecule has 0 aliphatic rings. The molecular weight excluding hydrogens is 232 g/mol. The smallest absolute Gasteiger partial charge is 0.139 e. The summed E-state index contributed by atoms with van der Waals surface area (Å²) < 4.78 is 10.2. The number of methoxy groups -OCH3 is 2. The molecule has 0 bridgehead atoms. The molecule has 18 heavy (non-hydrogen) atoms. The van der Waals surface area contributed by atoms with Crippen LogP contribution in [-0.4, -0.2) is 51.3 Å². The predicted octanol–water partition coefficient (Wildman–Crippen LogP) is 0.465. The lowest BCUT2D eigenvalue weighted by atomic mass is 10.2. The summed E-state index contributed by atoms with van der Waals surface area (Å²) in [6.07, 6.45) is 1.69. The fourth-order valence-corrected chi connectivity index (χ4v) is 1.59. The summed E-state index contributed by atoms with van der Waals surface area (Å²) in [4.78, 5) is 6.30. The molecule has 1 aromatic heterocycles. The second kappa shape index (κ2) is 7.62. The molecule has 1 aromatic rings. The van der Waals surface area contributed by atoms with E-state index in [1.165, 1.54) is 0 Å². The third kappa shape index (κ3) is 3.97. The maximum Gasteiger partial charge on any atom is 0.139 e. The second-order valence-corrected chi connectivity index (χ2v) is 3.76. The van der Waals surface area contributed by atoms with Gasteiger partial charge in [-0.2, -0.15) is 0 Å². The molecule has 1 rings (SSSR count). The molecule has 0 aliphatic carbocycles. The molecule has 0 fully saturated rings. The lowest BCUT2D eigenvalue weighted by Gasteiger charge is -2.24. The summed E-state index contributed by atoms with van der Waals surface area (Å²) in [5, 5.41) is 7.57. The van der Waals surface area contributed by atoms with Crippen LogP contribution in [0.25, 0.3) is 0 Å². The van der Waals surface area contributed by atoms with Crippen LogP contribution >= 0.6 is 0 Å². The fourth-order valence-electron chi connectivity index (χ4n) is 1.59. The van der Waals surface area contributed by atoms with Crippen LogP contribution in [0.3, 0.4) is 0 Å². The normalized spacial score (nSPS) is 10.3. The van der Waals surface area contributed by atoms with Crippen molar-refractivity contribution in [1.82, 2.24) is 4.98 Å². The Morgan fingerprint density at radius 1 is 1.33 bits per heavy atom. The number of aromatic nitrogens is 1. The van der Waals surface area contributed by atoms with Crippen molar-refractivity contribution in [3.8, 4) is 0 Å². The average Bonchev–Trinajstić information content (AvgIpc) is 2.39. The summed E-state index contributed by atoms with van der Waals surface area (Å²) in [7, 11) is 3.30. The van der Waals surface area contributed by atoms with E-state index in [1.54, 1.807) is 32.5 Å². The molecule has 6 nitrogen and oxygen atoms in total. The van der Waals surface area contributed by atoms with Gasteiger partial charge in [-0.1, -0.05) is 0 Å². The zero-order chi connectivity index (χ0) is 13.4. The first kappa shape index (κ1) is 14.4. The van der Waals surface area contributed by atoms with E-state index in [4.69, 9.17) is 20.6 Å². The van der Waals surface area contributed by atoms with Crippen molar-refractivity contribution in [2.24, 2.45) is 5.73 Å². The standard InChI is InChI=1S/C12H20N4O2/c1-17-8-6-16(7-9-18-2)12-10(11(13)14)4-3-5-15-12/h3-5H,6-9H2,1-2H3,(H3,13,14). The Bertz CT molecular complexity index is 376. The molecule has 0 unspecified atom stereocenters. The SMILES string of the molecule is COCCN(CCOC)c1ncccc1C(=N)N. The molecule has 1 heterocycles. The van der Waals surface area contributed by atoms with E-state index in [-0.39, 0.29) is 5.84 Å². The number of nitrogens with two attached hydrogens (primary N) is 1. The van der Waals surface area contributed by atoms with E-state index in [2.05, 4.69) is 4.98 Å². The fraction of sp³-hybridized carbons (Fsp3) is 0.500. The van der Waals surface area contributed by atoms with Crippen molar-refractivity contribution in [1.29, 1.82) is 5.41 Å². The first-order chi connectivity index (χ1) is 8.70. The monoisotopic (exact) mass is 252 g/mol. The Morgan fingerprint density at radius 2 is 1.94 bits per heavy atom. The number of hydrogen-bond donors (Lipinski definition) is 2. The molecule has 0 radical (unpaired) electrons. The first-order valence-corrected chi connectivity index (χ1v) is 5.73. The molecule has 0 aromatic carbocycles. The average molecular weight is 252 g/mol. The molecular formula is C12H20N4O2. The van der Waals surface area contributed by atoms with Crippen LogP contribution in [0.5, 0.6) is 0 Å². The van der Waals surface area contributed by atoms with Gasteiger partial charge >= 0.3 is 0 Å². The van der Waals surface area contributed by atoms with Crippen molar-refractivity contribution in [2.45, 2.75) is 0 Å². The van der Waals surface area contributed by atoms with E-state index in [9.17, 15) is 0 Å². The van der Waals surface area contributed by atoms with Gasteiger partial charge in [-0.05, 0) is 12.1 Å². The van der Waals surface area contributed by atoms with E-state index in [0.717, 1.165) is 0 Å². The van der Waals surface area contributed by atoms with Crippen LogP contribution in [0.1, 0.15) is 5.56 Å². The summed E-state index contributed by atoms with van der Waals surface area (Å²) in [5.41, 5.74) is 6.19. The third-order valence-corrected chi connectivity index (χ3v) is 2.51.